The molecule has 1 aromatic carbocycles. The Morgan fingerprint density at radius 2 is 2.00 bits per heavy atom. The fourth-order valence-electron chi connectivity index (χ4n) is 2.21. The van der Waals surface area contributed by atoms with Gasteiger partial charge in [-0.2, -0.15) is 0 Å². The molecule has 1 aromatic rings. The molecule has 0 fully saturated rings. The van der Waals surface area contributed by atoms with Gasteiger partial charge in [0.05, 0.1) is 12.4 Å². The number of hydrogen-bond donors (Lipinski definition) is 1. The lowest BCUT2D eigenvalue weighted by Crippen LogP contribution is -2.37. The first-order valence-corrected chi connectivity index (χ1v) is 8.26. The van der Waals surface area contributed by atoms with Gasteiger partial charge in [0.15, 0.2) is 17.5 Å². The second-order valence-electron chi connectivity index (χ2n) is 4.71. The smallest absolute Gasteiger partial charge is 0.243 e. The number of nitrogens with one attached hydrogen (secondary N) is 1. The van der Waals surface area contributed by atoms with Gasteiger partial charge in [-0.25, -0.2) is 26.3 Å². The first-order valence-electron chi connectivity index (χ1n) is 6.78. The van der Waals surface area contributed by atoms with Crippen LogP contribution >= 0.6 is 0 Å². The molecule has 0 radical (unpaired) electrons. The molecule has 0 aromatic heterocycles. The first-order chi connectivity index (χ1) is 10.4. The summed E-state index contributed by atoms with van der Waals surface area (Å²) in [6.07, 6.45) is 0.741. The van der Waals surface area contributed by atoms with Crippen LogP contribution in [0.2, 0.25) is 0 Å². The minimum Gasteiger partial charge on any atom is -0.357 e. The van der Waals surface area contributed by atoms with E-state index in [0.717, 1.165) is 12.3 Å². The van der Waals surface area contributed by atoms with Crippen molar-refractivity contribution in [3.05, 3.63) is 29.6 Å². The van der Waals surface area contributed by atoms with Crippen molar-refractivity contribution >= 4 is 15.9 Å². The summed E-state index contributed by atoms with van der Waals surface area (Å²) in [6.45, 7) is 3.69. The molecular formula is C13H16F3N3O2S. The van der Waals surface area contributed by atoms with Crippen molar-refractivity contribution in [1.29, 1.82) is 0 Å². The summed E-state index contributed by atoms with van der Waals surface area (Å²) in [4.78, 5) is 5.27. The van der Waals surface area contributed by atoms with E-state index in [2.05, 4.69) is 9.71 Å². The summed E-state index contributed by atoms with van der Waals surface area (Å²) in [5.41, 5.74) is 0. The standard InChI is InChI=1S/C13H16F3N3O2S/c1-2-11-17-5-7-19(11)8-6-18-22(20,21)10-4-3-9(14)12(15)13(10)16/h3-4,18H,2,5-8H2,1H3. The van der Waals surface area contributed by atoms with E-state index in [-0.39, 0.29) is 6.54 Å². The SMILES string of the molecule is CCC1=NCCN1CCNS(=O)(=O)c1ccc(F)c(F)c1F. The normalized spacial score (nSPS) is 15.3. The van der Waals surface area contributed by atoms with Crippen molar-refractivity contribution < 1.29 is 21.6 Å². The van der Waals surface area contributed by atoms with Crippen LogP contribution in [0, 0.1) is 17.5 Å². The van der Waals surface area contributed by atoms with E-state index in [9.17, 15) is 21.6 Å². The van der Waals surface area contributed by atoms with Crippen molar-refractivity contribution in [2.24, 2.45) is 4.99 Å². The van der Waals surface area contributed by atoms with Crippen LogP contribution in [0.15, 0.2) is 22.0 Å². The monoisotopic (exact) mass is 335 g/mol. The number of hydrogen-bond acceptors (Lipinski definition) is 4. The number of amidine groups is 1. The van der Waals surface area contributed by atoms with Crippen LogP contribution in [-0.2, 0) is 10.0 Å². The summed E-state index contributed by atoms with van der Waals surface area (Å²) >= 11 is 0. The average molecular weight is 335 g/mol. The second kappa shape index (κ2) is 6.66. The number of benzene rings is 1. The third-order valence-electron chi connectivity index (χ3n) is 3.31. The topological polar surface area (TPSA) is 61.8 Å². The zero-order chi connectivity index (χ0) is 16.3. The summed E-state index contributed by atoms with van der Waals surface area (Å²) in [7, 11) is -4.24. The minimum atomic E-state index is -4.24. The number of rotatable bonds is 6. The Morgan fingerprint density at radius 1 is 1.27 bits per heavy atom. The quantitative estimate of drug-likeness (QED) is 0.802. The van der Waals surface area contributed by atoms with E-state index in [1.165, 1.54) is 0 Å². The highest BCUT2D eigenvalue weighted by Gasteiger charge is 2.24. The van der Waals surface area contributed by atoms with E-state index in [0.29, 0.717) is 31.8 Å². The first kappa shape index (κ1) is 16.8. The molecule has 0 bridgehead atoms. The molecule has 0 aliphatic carbocycles. The van der Waals surface area contributed by atoms with Gasteiger partial charge in [0.25, 0.3) is 0 Å². The van der Waals surface area contributed by atoms with Gasteiger partial charge < -0.3 is 4.90 Å². The molecule has 1 aliphatic rings. The number of halogens is 3. The van der Waals surface area contributed by atoms with E-state index >= 15 is 0 Å². The summed E-state index contributed by atoms with van der Waals surface area (Å²) in [5, 5.41) is 0. The molecule has 122 valence electrons. The number of aliphatic imine (C=N–C) groups is 1. The molecule has 1 aliphatic heterocycles. The van der Waals surface area contributed by atoms with Gasteiger partial charge in [-0.15, -0.1) is 0 Å². The molecule has 1 heterocycles. The highest BCUT2D eigenvalue weighted by Crippen LogP contribution is 2.19. The summed E-state index contributed by atoms with van der Waals surface area (Å²) in [5.74, 6) is -4.07. The Hall–Kier alpha value is -1.61. The average Bonchev–Trinajstić information content (AvgIpc) is 2.92. The van der Waals surface area contributed by atoms with Gasteiger partial charge in [0.2, 0.25) is 10.0 Å². The van der Waals surface area contributed by atoms with Gasteiger partial charge in [-0.05, 0) is 12.1 Å². The lowest BCUT2D eigenvalue weighted by molar-refractivity contribution is 0.430. The molecule has 2 rings (SSSR count). The molecule has 0 spiro atoms. The number of nitrogens with zero attached hydrogens (tertiary/aromatic N) is 2. The van der Waals surface area contributed by atoms with E-state index < -0.39 is 32.4 Å². The van der Waals surface area contributed by atoms with Crippen LogP contribution < -0.4 is 4.72 Å². The van der Waals surface area contributed by atoms with Crippen molar-refractivity contribution in [3.63, 3.8) is 0 Å². The molecule has 0 unspecified atom stereocenters. The molecule has 0 saturated carbocycles. The maximum atomic E-state index is 13.5. The Balaban J connectivity index is 2.03. The van der Waals surface area contributed by atoms with E-state index in [1.807, 2.05) is 11.8 Å². The Labute approximate surface area is 126 Å². The maximum absolute atomic E-state index is 13.5. The third kappa shape index (κ3) is 3.41. The Morgan fingerprint density at radius 3 is 2.68 bits per heavy atom. The minimum absolute atomic E-state index is 0.0137. The lowest BCUT2D eigenvalue weighted by atomic mass is 10.3. The van der Waals surface area contributed by atoms with E-state index in [4.69, 9.17) is 0 Å². The maximum Gasteiger partial charge on any atom is 0.243 e. The molecule has 1 N–H and O–H groups in total. The van der Waals surface area contributed by atoms with E-state index in [1.54, 1.807) is 0 Å². The predicted molar refractivity (Wildman–Crippen MR) is 75.7 cm³/mol. The summed E-state index contributed by atoms with van der Waals surface area (Å²) < 4.78 is 65.6. The Bertz CT molecular complexity index is 692. The zero-order valence-corrected chi connectivity index (χ0v) is 12.8. The highest BCUT2D eigenvalue weighted by molar-refractivity contribution is 7.89. The van der Waals surface area contributed by atoms with Gasteiger partial charge in [-0.3, -0.25) is 4.99 Å². The summed E-state index contributed by atoms with van der Waals surface area (Å²) in [6, 6.07) is 1.28. The van der Waals surface area contributed by atoms with Gasteiger partial charge in [0.1, 0.15) is 4.90 Å². The van der Waals surface area contributed by atoms with Crippen molar-refractivity contribution in [3.8, 4) is 0 Å². The van der Waals surface area contributed by atoms with Crippen LogP contribution in [-0.4, -0.2) is 45.3 Å². The molecule has 22 heavy (non-hydrogen) atoms. The molecule has 0 atom stereocenters. The fraction of sp³-hybridized carbons (Fsp3) is 0.462. The zero-order valence-electron chi connectivity index (χ0n) is 11.9. The molecular weight excluding hydrogens is 319 g/mol. The molecule has 0 amide bonds. The van der Waals surface area contributed by atoms with Crippen molar-refractivity contribution in [2.45, 2.75) is 18.2 Å². The highest BCUT2D eigenvalue weighted by atomic mass is 32.2. The lowest BCUT2D eigenvalue weighted by Gasteiger charge is -2.19. The van der Waals surface area contributed by atoms with Crippen LogP contribution in [0.3, 0.4) is 0 Å². The largest absolute Gasteiger partial charge is 0.357 e. The van der Waals surface area contributed by atoms with Crippen LogP contribution in [0.25, 0.3) is 0 Å². The predicted octanol–water partition coefficient (Wildman–Crippen LogP) is 1.51. The Kier molecular flexibility index (Phi) is 5.07. The molecule has 0 saturated heterocycles. The molecule has 9 heteroatoms. The van der Waals surface area contributed by atoms with Gasteiger partial charge >= 0.3 is 0 Å². The third-order valence-corrected chi connectivity index (χ3v) is 4.79. The second-order valence-corrected chi connectivity index (χ2v) is 6.45. The van der Waals surface area contributed by atoms with Crippen LogP contribution in [0.1, 0.15) is 13.3 Å². The fourth-order valence-corrected chi connectivity index (χ4v) is 3.30. The number of sulfonamides is 1. The van der Waals surface area contributed by atoms with Crippen molar-refractivity contribution in [1.82, 2.24) is 9.62 Å². The van der Waals surface area contributed by atoms with Crippen molar-refractivity contribution in [2.75, 3.05) is 26.2 Å². The molecule has 5 nitrogen and oxygen atoms in total. The van der Waals surface area contributed by atoms with Crippen LogP contribution in [0.4, 0.5) is 13.2 Å². The van der Waals surface area contributed by atoms with Gasteiger partial charge in [0, 0.05) is 26.1 Å². The van der Waals surface area contributed by atoms with Gasteiger partial charge in [-0.1, -0.05) is 6.92 Å². The van der Waals surface area contributed by atoms with Crippen LogP contribution in [0.5, 0.6) is 0 Å².